The number of hydrogen-bond acceptors (Lipinski definition) is 3. The molecule has 5 heteroatoms. The van der Waals surface area contributed by atoms with E-state index in [1.54, 1.807) is 0 Å². The van der Waals surface area contributed by atoms with Crippen molar-refractivity contribution in [3.8, 4) is 0 Å². The smallest absolute Gasteiger partial charge is 0.240 e. The number of carbonyl (C=O) groups is 2. The van der Waals surface area contributed by atoms with Crippen LogP contribution < -0.4 is 0 Å². The lowest BCUT2D eigenvalue weighted by Crippen LogP contribution is -2.59. The van der Waals surface area contributed by atoms with Crippen molar-refractivity contribution in [1.29, 1.82) is 0 Å². The molecule has 26 heavy (non-hydrogen) atoms. The molecule has 2 saturated carbocycles. The molecule has 0 aromatic rings. The highest BCUT2D eigenvalue weighted by Gasteiger charge is 2.41. The van der Waals surface area contributed by atoms with Crippen molar-refractivity contribution >= 4 is 11.8 Å². The molecule has 2 saturated heterocycles. The van der Waals surface area contributed by atoms with E-state index in [9.17, 15) is 9.59 Å². The molecule has 2 aliphatic carbocycles. The molecule has 1 atom stereocenters. The van der Waals surface area contributed by atoms with Crippen LogP contribution >= 0.6 is 0 Å². The molecule has 0 aromatic heterocycles. The number of hydrogen-bond donors (Lipinski definition) is 0. The second-order valence-corrected chi connectivity index (χ2v) is 9.13. The summed E-state index contributed by atoms with van der Waals surface area (Å²) >= 11 is 0. The summed E-state index contributed by atoms with van der Waals surface area (Å²) in [5.74, 6) is 2.32. The van der Waals surface area contributed by atoms with Crippen LogP contribution in [0, 0.1) is 17.8 Å². The lowest BCUT2D eigenvalue weighted by atomic mass is 9.92. The molecule has 2 amide bonds. The predicted octanol–water partition coefficient (Wildman–Crippen LogP) is 2.36. The zero-order valence-corrected chi connectivity index (χ0v) is 16.4. The Bertz CT molecular complexity index is 511. The van der Waals surface area contributed by atoms with Gasteiger partial charge in [-0.3, -0.25) is 14.5 Å². The van der Waals surface area contributed by atoms with E-state index in [1.165, 1.54) is 25.7 Å². The first-order valence-electron chi connectivity index (χ1n) is 10.9. The SMILES string of the molecule is CC1CCN(C(=O)C(C2CCCC2)N2CCN(C(=O)C3CC3)CC2)CC1. The van der Waals surface area contributed by atoms with Crippen molar-refractivity contribution in [1.82, 2.24) is 14.7 Å². The van der Waals surface area contributed by atoms with Gasteiger partial charge in [0.2, 0.25) is 11.8 Å². The van der Waals surface area contributed by atoms with Crippen molar-refractivity contribution in [2.24, 2.45) is 17.8 Å². The van der Waals surface area contributed by atoms with E-state index in [0.29, 0.717) is 23.7 Å². The maximum atomic E-state index is 13.4. The van der Waals surface area contributed by atoms with Crippen LogP contribution in [0.2, 0.25) is 0 Å². The molecular weight excluding hydrogens is 326 g/mol. The lowest BCUT2D eigenvalue weighted by molar-refractivity contribution is -0.143. The van der Waals surface area contributed by atoms with Crippen LogP contribution in [0.25, 0.3) is 0 Å². The van der Waals surface area contributed by atoms with Gasteiger partial charge < -0.3 is 9.80 Å². The number of piperidine rings is 1. The summed E-state index contributed by atoms with van der Waals surface area (Å²) < 4.78 is 0. The zero-order chi connectivity index (χ0) is 18.1. The first-order valence-corrected chi connectivity index (χ1v) is 10.9. The van der Waals surface area contributed by atoms with Crippen LogP contribution in [-0.4, -0.2) is 71.8 Å². The van der Waals surface area contributed by atoms with E-state index < -0.39 is 0 Å². The third kappa shape index (κ3) is 3.92. The minimum Gasteiger partial charge on any atom is -0.341 e. The summed E-state index contributed by atoms with van der Waals surface area (Å²) in [6.07, 6.45) is 9.38. The Morgan fingerprint density at radius 1 is 0.769 bits per heavy atom. The second kappa shape index (κ2) is 7.87. The molecule has 1 unspecified atom stereocenters. The van der Waals surface area contributed by atoms with Crippen LogP contribution in [0.5, 0.6) is 0 Å². The molecular formula is C21H35N3O2. The highest BCUT2D eigenvalue weighted by Crippen LogP contribution is 2.34. The largest absolute Gasteiger partial charge is 0.341 e. The Kier molecular flexibility index (Phi) is 5.53. The fourth-order valence-corrected chi connectivity index (χ4v) is 5.15. The molecule has 0 spiro atoms. The van der Waals surface area contributed by atoms with Crippen molar-refractivity contribution < 1.29 is 9.59 Å². The maximum Gasteiger partial charge on any atom is 0.240 e. The number of piperazine rings is 1. The summed E-state index contributed by atoms with van der Waals surface area (Å²) in [6.45, 7) is 7.52. The number of carbonyl (C=O) groups excluding carboxylic acids is 2. The Morgan fingerprint density at radius 2 is 1.38 bits per heavy atom. The van der Waals surface area contributed by atoms with Crippen LogP contribution in [-0.2, 0) is 9.59 Å². The number of nitrogens with zero attached hydrogens (tertiary/aromatic N) is 3. The molecule has 4 rings (SSSR count). The summed E-state index contributed by atoms with van der Waals surface area (Å²) in [5, 5.41) is 0. The van der Waals surface area contributed by atoms with Gasteiger partial charge in [-0.15, -0.1) is 0 Å². The Hall–Kier alpha value is -1.10. The third-order valence-electron chi connectivity index (χ3n) is 7.14. The Labute approximate surface area is 158 Å². The normalized spacial score (nSPS) is 27.7. The lowest BCUT2D eigenvalue weighted by Gasteiger charge is -2.43. The summed E-state index contributed by atoms with van der Waals surface area (Å²) in [5.41, 5.74) is 0. The molecule has 0 N–H and O–H groups in total. The zero-order valence-electron chi connectivity index (χ0n) is 16.4. The van der Waals surface area contributed by atoms with Gasteiger partial charge >= 0.3 is 0 Å². The predicted molar refractivity (Wildman–Crippen MR) is 102 cm³/mol. The topological polar surface area (TPSA) is 43.9 Å². The first kappa shape index (κ1) is 18.3. The molecule has 146 valence electrons. The van der Waals surface area contributed by atoms with Crippen molar-refractivity contribution in [2.75, 3.05) is 39.3 Å². The van der Waals surface area contributed by atoms with E-state index in [2.05, 4.69) is 16.7 Å². The highest BCUT2D eigenvalue weighted by atomic mass is 16.2. The third-order valence-corrected chi connectivity index (χ3v) is 7.14. The number of likely N-dealkylation sites (tertiary alicyclic amines) is 1. The molecule has 0 bridgehead atoms. The molecule has 2 aliphatic heterocycles. The summed E-state index contributed by atoms with van der Waals surface area (Å²) in [4.78, 5) is 32.4. The average molecular weight is 362 g/mol. The standard InChI is InChI=1S/C21H35N3O2/c1-16-8-10-23(11-9-16)21(26)19(17-4-2-3-5-17)22-12-14-24(15-13-22)20(25)18-6-7-18/h16-19H,2-15H2,1H3. The van der Waals surface area contributed by atoms with Crippen LogP contribution in [0.15, 0.2) is 0 Å². The molecule has 2 heterocycles. The van der Waals surface area contributed by atoms with Gasteiger partial charge in [0.15, 0.2) is 0 Å². The van der Waals surface area contributed by atoms with Crippen molar-refractivity contribution in [3.05, 3.63) is 0 Å². The molecule has 0 aromatic carbocycles. The number of amides is 2. The van der Waals surface area contributed by atoms with Gasteiger partial charge in [0.25, 0.3) is 0 Å². The van der Waals surface area contributed by atoms with Gasteiger partial charge in [0.05, 0.1) is 6.04 Å². The second-order valence-electron chi connectivity index (χ2n) is 9.13. The van der Waals surface area contributed by atoms with Crippen LogP contribution in [0.1, 0.15) is 58.3 Å². The molecule has 4 fully saturated rings. The monoisotopic (exact) mass is 361 g/mol. The van der Waals surface area contributed by atoms with Gasteiger partial charge in [-0.25, -0.2) is 0 Å². The van der Waals surface area contributed by atoms with Gasteiger partial charge in [0.1, 0.15) is 0 Å². The fourth-order valence-electron chi connectivity index (χ4n) is 5.15. The highest BCUT2D eigenvalue weighted by molar-refractivity contribution is 5.83. The first-order chi connectivity index (χ1) is 12.6. The molecule has 4 aliphatic rings. The fraction of sp³-hybridized carbons (Fsp3) is 0.905. The van der Waals surface area contributed by atoms with Gasteiger partial charge in [-0.1, -0.05) is 19.8 Å². The number of rotatable bonds is 4. The van der Waals surface area contributed by atoms with Crippen LogP contribution in [0.3, 0.4) is 0 Å². The van der Waals surface area contributed by atoms with E-state index in [0.717, 1.165) is 70.9 Å². The minimum absolute atomic E-state index is 0.0593. The quantitative estimate of drug-likeness (QED) is 0.772. The molecule has 5 nitrogen and oxygen atoms in total. The van der Waals surface area contributed by atoms with Crippen molar-refractivity contribution in [3.63, 3.8) is 0 Å². The van der Waals surface area contributed by atoms with Gasteiger partial charge in [-0.05, 0) is 50.4 Å². The Morgan fingerprint density at radius 3 is 1.96 bits per heavy atom. The van der Waals surface area contributed by atoms with Crippen molar-refractivity contribution in [2.45, 2.75) is 64.3 Å². The van der Waals surface area contributed by atoms with E-state index >= 15 is 0 Å². The Balaban J connectivity index is 1.40. The summed E-state index contributed by atoms with van der Waals surface area (Å²) in [6, 6.07) is 0.0593. The van der Waals surface area contributed by atoms with Gasteiger partial charge in [0, 0.05) is 45.2 Å². The van der Waals surface area contributed by atoms with E-state index in [4.69, 9.17) is 0 Å². The van der Waals surface area contributed by atoms with E-state index in [-0.39, 0.29) is 6.04 Å². The summed E-state index contributed by atoms with van der Waals surface area (Å²) in [7, 11) is 0. The average Bonchev–Trinajstić information content (AvgIpc) is 3.38. The molecule has 0 radical (unpaired) electrons. The minimum atomic E-state index is 0.0593. The maximum absolute atomic E-state index is 13.4. The van der Waals surface area contributed by atoms with Crippen LogP contribution in [0.4, 0.5) is 0 Å². The van der Waals surface area contributed by atoms with E-state index in [1.807, 2.05) is 4.90 Å². The van der Waals surface area contributed by atoms with Gasteiger partial charge in [-0.2, -0.15) is 0 Å².